The molecule has 0 amide bonds. The van der Waals surface area contributed by atoms with Gasteiger partial charge in [0.2, 0.25) is 11.7 Å². The lowest BCUT2D eigenvalue weighted by molar-refractivity contribution is 0.112. The van der Waals surface area contributed by atoms with Crippen LogP contribution >= 0.6 is 31.9 Å². The second-order valence-corrected chi connectivity index (χ2v) is 5.39. The summed E-state index contributed by atoms with van der Waals surface area (Å²) in [4.78, 5) is 14.9. The smallest absolute Gasteiger partial charge is 0.226 e. The van der Waals surface area contributed by atoms with E-state index >= 15 is 0 Å². The molecule has 0 bridgehead atoms. The lowest BCUT2D eigenvalue weighted by atomic mass is 10.2. The maximum absolute atomic E-state index is 10.7. The lowest BCUT2D eigenvalue weighted by Crippen LogP contribution is -1.99. The molecule has 0 atom stereocenters. The molecule has 0 fully saturated rings. The van der Waals surface area contributed by atoms with Crippen molar-refractivity contribution in [2.45, 2.75) is 20.0 Å². The lowest BCUT2D eigenvalue weighted by Gasteiger charge is -2.09. The predicted molar refractivity (Wildman–Crippen MR) is 75.2 cm³/mol. The van der Waals surface area contributed by atoms with Gasteiger partial charge < -0.3 is 9.26 Å². The van der Waals surface area contributed by atoms with E-state index in [4.69, 9.17) is 9.26 Å². The molecular weight excluding hydrogens is 380 g/mol. The van der Waals surface area contributed by atoms with Crippen LogP contribution in [0.4, 0.5) is 0 Å². The largest absolute Gasteiger partial charge is 0.483 e. The van der Waals surface area contributed by atoms with Crippen molar-refractivity contribution >= 4 is 38.1 Å². The predicted octanol–water partition coefficient (Wildman–Crippen LogP) is 3.55. The number of nitrogens with zero attached hydrogens (tertiary/aromatic N) is 2. The number of aryl methyl sites for hydroxylation is 1. The molecule has 1 aromatic heterocycles. The molecule has 0 saturated heterocycles. The van der Waals surface area contributed by atoms with Gasteiger partial charge in [0, 0.05) is 12.0 Å². The van der Waals surface area contributed by atoms with Gasteiger partial charge in [-0.15, -0.1) is 0 Å². The van der Waals surface area contributed by atoms with Crippen LogP contribution in [0.15, 0.2) is 25.6 Å². The van der Waals surface area contributed by atoms with E-state index in [9.17, 15) is 4.79 Å². The number of aromatic nitrogens is 2. The van der Waals surface area contributed by atoms with Crippen molar-refractivity contribution in [3.8, 4) is 5.75 Å². The van der Waals surface area contributed by atoms with Gasteiger partial charge in [-0.1, -0.05) is 12.1 Å². The molecule has 0 aliphatic heterocycles. The van der Waals surface area contributed by atoms with E-state index in [0.717, 1.165) is 6.29 Å². The molecule has 0 aliphatic carbocycles. The first-order valence-electron chi connectivity index (χ1n) is 5.52. The fraction of sp³-hybridized carbons (Fsp3) is 0.250. The minimum Gasteiger partial charge on any atom is -0.483 e. The SMILES string of the molecule is CCc1nc(COc2c(Br)cc(C=O)cc2Br)no1. The van der Waals surface area contributed by atoms with Crippen LogP contribution in [0, 0.1) is 0 Å². The van der Waals surface area contributed by atoms with Gasteiger partial charge >= 0.3 is 0 Å². The molecule has 2 rings (SSSR count). The molecule has 0 radical (unpaired) electrons. The zero-order valence-electron chi connectivity index (χ0n) is 10.0. The number of hydrogen-bond acceptors (Lipinski definition) is 5. The third-order valence-corrected chi connectivity index (χ3v) is 3.49. The first kappa shape index (κ1) is 14.2. The summed E-state index contributed by atoms with van der Waals surface area (Å²) in [7, 11) is 0. The molecular formula is C12H10Br2N2O3. The summed E-state index contributed by atoms with van der Waals surface area (Å²) in [5.74, 6) is 1.65. The molecule has 100 valence electrons. The first-order chi connectivity index (χ1) is 9.13. The van der Waals surface area contributed by atoms with Crippen molar-refractivity contribution in [2.75, 3.05) is 0 Å². The summed E-state index contributed by atoms with van der Waals surface area (Å²) in [6.07, 6.45) is 1.46. The Hall–Kier alpha value is -1.21. The highest BCUT2D eigenvalue weighted by molar-refractivity contribution is 9.11. The second kappa shape index (κ2) is 6.29. The van der Waals surface area contributed by atoms with Crippen LogP contribution in [-0.2, 0) is 13.0 Å². The van der Waals surface area contributed by atoms with Crippen LogP contribution in [0.5, 0.6) is 5.75 Å². The number of aldehydes is 1. The van der Waals surface area contributed by atoms with Crippen LogP contribution in [0.2, 0.25) is 0 Å². The number of carbonyl (C=O) groups is 1. The summed E-state index contributed by atoms with van der Waals surface area (Å²) in [6, 6.07) is 3.36. The van der Waals surface area contributed by atoms with Gasteiger partial charge in [0.05, 0.1) is 8.95 Å². The average molecular weight is 390 g/mol. The standard InChI is InChI=1S/C12H10Br2N2O3/c1-2-11-15-10(16-19-11)6-18-12-8(13)3-7(5-17)4-9(12)14/h3-5H,2,6H2,1H3. The highest BCUT2D eigenvalue weighted by Crippen LogP contribution is 2.34. The maximum atomic E-state index is 10.7. The number of rotatable bonds is 5. The third-order valence-electron chi connectivity index (χ3n) is 2.31. The average Bonchev–Trinajstić information content (AvgIpc) is 2.85. The highest BCUT2D eigenvalue weighted by atomic mass is 79.9. The van der Waals surface area contributed by atoms with Crippen LogP contribution in [0.1, 0.15) is 29.0 Å². The van der Waals surface area contributed by atoms with Crippen molar-refractivity contribution in [3.63, 3.8) is 0 Å². The van der Waals surface area contributed by atoms with Gasteiger partial charge in [-0.3, -0.25) is 4.79 Å². The molecule has 19 heavy (non-hydrogen) atoms. The number of carbonyl (C=O) groups excluding carboxylic acids is 1. The summed E-state index contributed by atoms with van der Waals surface area (Å²) < 4.78 is 12.0. The molecule has 1 heterocycles. The summed E-state index contributed by atoms with van der Waals surface area (Å²) in [6.45, 7) is 2.13. The molecule has 5 nitrogen and oxygen atoms in total. The highest BCUT2D eigenvalue weighted by Gasteiger charge is 2.11. The zero-order valence-corrected chi connectivity index (χ0v) is 13.2. The van der Waals surface area contributed by atoms with Crippen molar-refractivity contribution in [2.24, 2.45) is 0 Å². The monoisotopic (exact) mass is 388 g/mol. The van der Waals surface area contributed by atoms with Crippen LogP contribution in [0.3, 0.4) is 0 Å². The van der Waals surface area contributed by atoms with Crippen molar-refractivity contribution in [3.05, 3.63) is 38.4 Å². The second-order valence-electron chi connectivity index (χ2n) is 3.68. The maximum Gasteiger partial charge on any atom is 0.226 e. The van der Waals surface area contributed by atoms with E-state index in [0.29, 0.717) is 38.4 Å². The Labute approximate surface area is 126 Å². The third kappa shape index (κ3) is 3.42. The molecule has 0 aliphatic rings. The molecule has 2 aromatic rings. The van der Waals surface area contributed by atoms with Gasteiger partial charge in [-0.05, 0) is 44.0 Å². The van der Waals surface area contributed by atoms with Crippen molar-refractivity contribution in [1.82, 2.24) is 10.1 Å². The van der Waals surface area contributed by atoms with Gasteiger partial charge in [-0.2, -0.15) is 4.98 Å². The molecule has 0 spiro atoms. The number of benzene rings is 1. The molecule has 0 unspecified atom stereocenters. The van der Waals surface area contributed by atoms with Gasteiger partial charge in [0.15, 0.2) is 6.61 Å². The zero-order chi connectivity index (χ0) is 13.8. The normalized spacial score (nSPS) is 10.5. The van der Waals surface area contributed by atoms with E-state index in [1.807, 2.05) is 6.92 Å². The van der Waals surface area contributed by atoms with E-state index in [1.165, 1.54) is 0 Å². The Morgan fingerprint density at radius 1 is 1.37 bits per heavy atom. The minimum atomic E-state index is 0.196. The molecule has 1 aromatic carbocycles. The van der Waals surface area contributed by atoms with Crippen LogP contribution < -0.4 is 4.74 Å². The quantitative estimate of drug-likeness (QED) is 0.731. The van der Waals surface area contributed by atoms with E-state index in [2.05, 4.69) is 42.0 Å². The minimum absolute atomic E-state index is 0.196. The fourth-order valence-corrected chi connectivity index (χ4v) is 2.87. The number of ether oxygens (including phenoxy) is 1. The Balaban J connectivity index is 2.13. The molecule has 0 N–H and O–H groups in total. The van der Waals surface area contributed by atoms with E-state index < -0.39 is 0 Å². The Kier molecular flexibility index (Phi) is 4.71. The first-order valence-corrected chi connectivity index (χ1v) is 7.11. The van der Waals surface area contributed by atoms with E-state index in [1.54, 1.807) is 12.1 Å². The van der Waals surface area contributed by atoms with Crippen molar-refractivity contribution < 1.29 is 14.1 Å². The fourth-order valence-electron chi connectivity index (χ4n) is 1.41. The molecule has 0 saturated carbocycles. The van der Waals surface area contributed by atoms with Crippen LogP contribution in [-0.4, -0.2) is 16.4 Å². The Bertz CT molecular complexity index is 575. The van der Waals surface area contributed by atoms with Crippen LogP contribution in [0.25, 0.3) is 0 Å². The summed E-state index contributed by atoms with van der Waals surface area (Å²) in [5.41, 5.74) is 0.555. The van der Waals surface area contributed by atoms with Crippen molar-refractivity contribution in [1.29, 1.82) is 0 Å². The Morgan fingerprint density at radius 3 is 2.58 bits per heavy atom. The summed E-state index contributed by atoms with van der Waals surface area (Å²) >= 11 is 6.71. The summed E-state index contributed by atoms with van der Waals surface area (Å²) in [5, 5.41) is 3.80. The molecule has 7 heteroatoms. The van der Waals surface area contributed by atoms with Gasteiger partial charge in [-0.25, -0.2) is 0 Å². The topological polar surface area (TPSA) is 65.2 Å². The number of hydrogen-bond donors (Lipinski definition) is 0. The van der Waals surface area contributed by atoms with Gasteiger partial charge in [0.25, 0.3) is 0 Å². The number of halogens is 2. The van der Waals surface area contributed by atoms with Gasteiger partial charge in [0.1, 0.15) is 12.0 Å². The Morgan fingerprint density at radius 2 is 2.05 bits per heavy atom. The van der Waals surface area contributed by atoms with E-state index in [-0.39, 0.29) is 6.61 Å².